The zero-order valence-electron chi connectivity index (χ0n) is 13.9. The molecule has 2 aromatic rings. The Kier molecular flexibility index (Phi) is 6.95. The van der Waals surface area contributed by atoms with Crippen LogP contribution in [0.3, 0.4) is 0 Å². The maximum atomic E-state index is 12.1. The number of hydrogen-bond donors (Lipinski definition) is 1. The fourth-order valence-electron chi connectivity index (χ4n) is 2.01. The van der Waals surface area contributed by atoms with Gasteiger partial charge in [-0.2, -0.15) is 5.26 Å². The van der Waals surface area contributed by atoms with Crippen LogP contribution in [0.15, 0.2) is 54.6 Å². The van der Waals surface area contributed by atoms with Crippen LogP contribution < -0.4 is 9.47 Å². The van der Waals surface area contributed by atoms with E-state index in [0.29, 0.717) is 42.1 Å². The monoisotopic (exact) mass is 351 g/mol. The fraction of sp³-hybridized carbons (Fsp3) is 0.150. The van der Waals surface area contributed by atoms with Crippen molar-refractivity contribution in [3.05, 3.63) is 65.7 Å². The molecule has 1 N–H and O–H groups in total. The molecule has 0 unspecified atom stereocenters. The van der Waals surface area contributed by atoms with Crippen molar-refractivity contribution in [2.75, 3.05) is 6.61 Å². The summed E-state index contributed by atoms with van der Waals surface area (Å²) in [6.45, 7) is 0.454. The van der Waals surface area contributed by atoms with Crippen molar-refractivity contribution in [1.29, 1.82) is 5.26 Å². The van der Waals surface area contributed by atoms with E-state index in [0.717, 1.165) is 6.08 Å². The van der Waals surface area contributed by atoms with E-state index in [4.69, 9.17) is 19.8 Å². The summed E-state index contributed by atoms with van der Waals surface area (Å²) in [5, 5.41) is 17.1. The second-order valence-electron chi connectivity index (χ2n) is 5.26. The van der Waals surface area contributed by atoms with Crippen LogP contribution in [0, 0.1) is 11.3 Å². The molecule has 0 bridgehead atoms. The predicted molar refractivity (Wildman–Crippen MR) is 94.9 cm³/mol. The van der Waals surface area contributed by atoms with Gasteiger partial charge in [0.15, 0.2) is 0 Å². The van der Waals surface area contributed by atoms with Gasteiger partial charge in [0.2, 0.25) is 0 Å². The molecule has 0 aromatic heterocycles. The lowest BCUT2D eigenvalue weighted by atomic mass is 10.1. The van der Waals surface area contributed by atoms with Crippen molar-refractivity contribution in [2.24, 2.45) is 0 Å². The Morgan fingerprint density at radius 2 is 1.69 bits per heavy atom. The molecule has 0 amide bonds. The molecule has 6 nitrogen and oxygen atoms in total. The van der Waals surface area contributed by atoms with Crippen LogP contribution >= 0.6 is 0 Å². The highest BCUT2D eigenvalue weighted by molar-refractivity contribution is 5.91. The minimum atomic E-state index is -1.04. The molecule has 0 atom stereocenters. The molecule has 2 aromatic carbocycles. The van der Waals surface area contributed by atoms with Gasteiger partial charge in [0.25, 0.3) is 0 Å². The maximum Gasteiger partial charge on any atom is 0.343 e. The Bertz CT molecular complexity index is 817. The number of nitriles is 1. The van der Waals surface area contributed by atoms with E-state index in [1.807, 2.05) is 6.07 Å². The summed E-state index contributed by atoms with van der Waals surface area (Å²) in [6.07, 6.45) is 3.57. The standard InChI is InChI=1S/C20H17NO5/c21-13-1-2-14-25-17-8-10-18(11-9-17)26-20(24)16-6-3-15(4-7-16)5-12-19(22)23/h3-12H,1-2,14H2,(H,22,23)/b12-5+. The molecule has 26 heavy (non-hydrogen) atoms. The summed E-state index contributed by atoms with van der Waals surface area (Å²) in [6, 6.07) is 15.1. The molecule has 0 aliphatic carbocycles. The van der Waals surface area contributed by atoms with Crippen LogP contribution in [0.2, 0.25) is 0 Å². The minimum absolute atomic E-state index is 0.356. The van der Waals surface area contributed by atoms with Crippen molar-refractivity contribution in [2.45, 2.75) is 12.8 Å². The lowest BCUT2D eigenvalue weighted by molar-refractivity contribution is -0.131. The first kappa shape index (κ1) is 18.7. The number of hydrogen-bond acceptors (Lipinski definition) is 5. The van der Waals surface area contributed by atoms with Gasteiger partial charge in [-0.05, 0) is 54.5 Å². The maximum absolute atomic E-state index is 12.1. The Hall–Kier alpha value is -3.59. The van der Waals surface area contributed by atoms with Crippen molar-refractivity contribution < 1.29 is 24.2 Å². The van der Waals surface area contributed by atoms with Gasteiger partial charge in [-0.1, -0.05) is 12.1 Å². The van der Waals surface area contributed by atoms with Crippen LogP contribution in [-0.4, -0.2) is 23.7 Å². The second kappa shape index (κ2) is 9.64. The second-order valence-corrected chi connectivity index (χ2v) is 5.26. The molecule has 0 saturated heterocycles. The highest BCUT2D eigenvalue weighted by Crippen LogP contribution is 2.19. The molecule has 0 spiro atoms. The average Bonchev–Trinajstić information content (AvgIpc) is 2.65. The van der Waals surface area contributed by atoms with Crippen molar-refractivity contribution >= 4 is 18.0 Å². The number of carboxylic acids is 1. The molecule has 6 heteroatoms. The normalized spacial score (nSPS) is 10.3. The molecular formula is C20H17NO5. The van der Waals surface area contributed by atoms with E-state index in [1.165, 1.54) is 6.08 Å². The van der Waals surface area contributed by atoms with Gasteiger partial charge in [0.05, 0.1) is 18.2 Å². The SMILES string of the molecule is N#CCCCOc1ccc(OC(=O)c2ccc(/C=C/C(=O)O)cc2)cc1. The number of esters is 1. The van der Waals surface area contributed by atoms with Crippen LogP contribution in [0.4, 0.5) is 0 Å². The fourth-order valence-corrected chi connectivity index (χ4v) is 2.01. The Morgan fingerprint density at radius 3 is 2.31 bits per heavy atom. The van der Waals surface area contributed by atoms with Gasteiger partial charge in [0, 0.05) is 12.5 Å². The Morgan fingerprint density at radius 1 is 1.04 bits per heavy atom. The molecule has 0 aliphatic rings. The number of benzene rings is 2. The number of nitrogens with zero attached hydrogens (tertiary/aromatic N) is 1. The van der Waals surface area contributed by atoms with Gasteiger partial charge in [-0.25, -0.2) is 9.59 Å². The first-order valence-electron chi connectivity index (χ1n) is 7.91. The number of unbranched alkanes of at least 4 members (excludes halogenated alkanes) is 1. The van der Waals surface area contributed by atoms with Gasteiger partial charge in [0.1, 0.15) is 11.5 Å². The molecule has 0 aliphatic heterocycles. The predicted octanol–water partition coefficient (Wildman–Crippen LogP) is 3.69. The highest BCUT2D eigenvalue weighted by Gasteiger charge is 2.08. The van der Waals surface area contributed by atoms with E-state index in [1.54, 1.807) is 48.5 Å². The molecule has 0 fully saturated rings. The topological polar surface area (TPSA) is 96.6 Å². The lowest BCUT2D eigenvalue weighted by Gasteiger charge is -2.07. The Balaban J connectivity index is 1.90. The molecule has 0 heterocycles. The molecule has 132 valence electrons. The minimum Gasteiger partial charge on any atom is -0.494 e. The molecule has 0 saturated carbocycles. The summed E-state index contributed by atoms with van der Waals surface area (Å²) < 4.78 is 10.8. The summed E-state index contributed by atoms with van der Waals surface area (Å²) in [5.74, 6) is -0.529. The molecular weight excluding hydrogens is 334 g/mol. The van der Waals surface area contributed by atoms with Crippen molar-refractivity contribution in [1.82, 2.24) is 0 Å². The summed E-state index contributed by atoms with van der Waals surface area (Å²) in [7, 11) is 0. The van der Waals surface area contributed by atoms with Gasteiger partial charge in [-0.3, -0.25) is 0 Å². The van der Waals surface area contributed by atoms with E-state index < -0.39 is 11.9 Å². The zero-order chi connectivity index (χ0) is 18.8. The zero-order valence-corrected chi connectivity index (χ0v) is 13.9. The highest BCUT2D eigenvalue weighted by atomic mass is 16.5. The largest absolute Gasteiger partial charge is 0.494 e. The third kappa shape index (κ3) is 6.13. The summed E-state index contributed by atoms with van der Waals surface area (Å²) >= 11 is 0. The third-order valence-corrected chi connectivity index (χ3v) is 3.30. The Labute approximate surface area is 150 Å². The number of carbonyl (C=O) groups is 2. The summed E-state index contributed by atoms with van der Waals surface area (Å²) in [5.41, 5.74) is 1.02. The number of carbonyl (C=O) groups excluding carboxylic acids is 1. The molecule has 2 rings (SSSR count). The summed E-state index contributed by atoms with van der Waals surface area (Å²) in [4.78, 5) is 22.6. The van der Waals surface area contributed by atoms with Crippen LogP contribution in [0.1, 0.15) is 28.8 Å². The third-order valence-electron chi connectivity index (χ3n) is 3.30. The average molecular weight is 351 g/mol. The van der Waals surface area contributed by atoms with Crippen molar-refractivity contribution in [3.63, 3.8) is 0 Å². The smallest absolute Gasteiger partial charge is 0.343 e. The lowest BCUT2D eigenvalue weighted by Crippen LogP contribution is -2.08. The quantitative estimate of drug-likeness (QED) is 0.337. The molecule has 0 radical (unpaired) electrons. The van der Waals surface area contributed by atoms with E-state index >= 15 is 0 Å². The number of ether oxygens (including phenoxy) is 2. The van der Waals surface area contributed by atoms with E-state index in [2.05, 4.69) is 0 Å². The van der Waals surface area contributed by atoms with Crippen LogP contribution in [0.5, 0.6) is 11.5 Å². The van der Waals surface area contributed by atoms with Crippen LogP contribution in [-0.2, 0) is 4.79 Å². The van der Waals surface area contributed by atoms with Gasteiger partial charge < -0.3 is 14.6 Å². The number of rotatable bonds is 8. The van der Waals surface area contributed by atoms with Gasteiger partial charge in [-0.15, -0.1) is 0 Å². The first-order valence-corrected chi connectivity index (χ1v) is 7.91. The number of carboxylic acid groups (broad SMARTS) is 1. The van der Waals surface area contributed by atoms with Crippen molar-refractivity contribution in [3.8, 4) is 17.6 Å². The van der Waals surface area contributed by atoms with E-state index in [9.17, 15) is 9.59 Å². The first-order chi connectivity index (χ1) is 12.6. The number of aliphatic carboxylic acids is 1. The van der Waals surface area contributed by atoms with Crippen LogP contribution in [0.25, 0.3) is 6.08 Å². The van der Waals surface area contributed by atoms with Gasteiger partial charge >= 0.3 is 11.9 Å². The van der Waals surface area contributed by atoms with E-state index in [-0.39, 0.29) is 0 Å².